The number of nitrogens with zero attached hydrogens (tertiary/aromatic N) is 1. The summed E-state index contributed by atoms with van der Waals surface area (Å²) in [6.07, 6.45) is 1.49. The minimum absolute atomic E-state index is 0.0740. The van der Waals surface area contributed by atoms with E-state index in [4.69, 9.17) is 16.7 Å². The lowest BCUT2D eigenvalue weighted by Crippen LogP contribution is -2.24. The van der Waals surface area contributed by atoms with Gasteiger partial charge in [-0.1, -0.05) is 27.5 Å². The highest BCUT2D eigenvalue weighted by atomic mass is 79.9. The molecule has 1 fully saturated rings. The van der Waals surface area contributed by atoms with Crippen LogP contribution in [0.5, 0.6) is 0 Å². The van der Waals surface area contributed by atoms with Crippen LogP contribution >= 0.6 is 27.5 Å². The summed E-state index contributed by atoms with van der Waals surface area (Å²) in [4.78, 5) is 14.3. The van der Waals surface area contributed by atoms with Gasteiger partial charge in [0.05, 0.1) is 5.02 Å². The van der Waals surface area contributed by atoms with Crippen molar-refractivity contribution in [2.75, 3.05) is 26.2 Å². The summed E-state index contributed by atoms with van der Waals surface area (Å²) in [7, 11) is 0. The van der Waals surface area contributed by atoms with Gasteiger partial charge in [-0.05, 0) is 37.1 Å². The first-order valence-electron chi connectivity index (χ1n) is 6.41. The lowest BCUT2D eigenvalue weighted by Gasteiger charge is -2.15. The largest absolute Gasteiger partial charge is 0.396 e. The Hall–Kier alpha value is -0.420. The van der Waals surface area contributed by atoms with E-state index in [0.717, 1.165) is 30.5 Å². The molecule has 0 bridgehead atoms. The zero-order valence-electron chi connectivity index (χ0n) is 10.6. The normalized spacial score (nSPS) is 19.8. The number of rotatable bonds is 5. The molecule has 0 aliphatic carbocycles. The van der Waals surface area contributed by atoms with Crippen molar-refractivity contribution >= 4 is 33.3 Å². The molecule has 3 nitrogen and oxygen atoms in total. The van der Waals surface area contributed by atoms with Gasteiger partial charge in [0, 0.05) is 36.2 Å². The third-order valence-electron chi connectivity index (χ3n) is 3.51. The molecule has 0 amide bonds. The number of halogens is 2. The van der Waals surface area contributed by atoms with Crippen LogP contribution < -0.4 is 0 Å². The first-order valence-corrected chi connectivity index (χ1v) is 7.58. The maximum atomic E-state index is 12.1. The molecule has 0 radical (unpaired) electrons. The van der Waals surface area contributed by atoms with Gasteiger partial charge >= 0.3 is 0 Å². The molecule has 1 atom stereocenters. The zero-order valence-corrected chi connectivity index (χ0v) is 13.0. The predicted octanol–water partition coefficient (Wildman–Crippen LogP) is 2.99. The molecule has 1 aromatic carbocycles. The lowest BCUT2D eigenvalue weighted by molar-refractivity contribution is 0.0967. The molecule has 0 aromatic heterocycles. The third-order valence-corrected chi connectivity index (χ3v) is 4.32. The van der Waals surface area contributed by atoms with E-state index in [-0.39, 0.29) is 12.4 Å². The van der Waals surface area contributed by atoms with Crippen molar-refractivity contribution in [1.29, 1.82) is 0 Å². The Balaban J connectivity index is 1.88. The maximum absolute atomic E-state index is 12.1. The second-order valence-corrected chi connectivity index (χ2v) is 6.26. The highest BCUT2D eigenvalue weighted by Gasteiger charge is 2.22. The molecule has 104 valence electrons. The third kappa shape index (κ3) is 4.02. The van der Waals surface area contributed by atoms with Crippen LogP contribution in [-0.4, -0.2) is 42.0 Å². The maximum Gasteiger partial charge on any atom is 0.165 e. The predicted molar refractivity (Wildman–Crippen MR) is 79.7 cm³/mol. The summed E-state index contributed by atoms with van der Waals surface area (Å²) in [5.41, 5.74) is 0.586. The fraction of sp³-hybridized carbons (Fsp3) is 0.500. The molecule has 0 saturated carbocycles. The minimum Gasteiger partial charge on any atom is -0.396 e. The van der Waals surface area contributed by atoms with Crippen molar-refractivity contribution in [2.24, 2.45) is 5.92 Å². The van der Waals surface area contributed by atoms with Gasteiger partial charge in [-0.15, -0.1) is 0 Å². The fourth-order valence-corrected chi connectivity index (χ4v) is 3.15. The highest BCUT2D eigenvalue weighted by Crippen LogP contribution is 2.23. The van der Waals surface area contributed by atoms with Crippen molar-refractivity contribution in [3.05, 3.63) is 33.3 Å². The lowest BCUT2D eigenvalue weighted by atomic mass is 10.1. The van der Waals surface area contributed by atoms with Crippen LogP contribution in [0.4, 0.5) is 0 Å². The number of hydrogen-bond donors (Lipinski definition) is 1. The minimum atomic E-state index is 0.0740. The Morgan fingerprint density at radius 3 is 2.95 bits per heavy atom. The summed E-state index contributed by atoms with van der Waals surface area (Å²) in [6, 6.07) is 5.33. The van der Waals surface area contributed by atoms with Crippen molar-refractivity contribution in [1.82, 2.24) is 4.90 Å². The average molecular weight is 347 g/mol. The first-order chi connectivity index (χ1) is 9.10. The topological polar surface area (TPSA) is 40.5 Å². The van der Waals surface area contributed by atoms with Crippen LogP contribution in [0, 0.1) is 5.92 Å². The summed E-state index contributed by atoms with van der Waals surface area (Å²) < 4.78 is 0.874. The number of hydrogen-bond acceptors (Lipinski definition) is 3. The molecule has 1 heterocycles. The Kier molecular flexibility index (Phi) is 5.39. The van der Waals surface area contributed by atoms with Crippen molar-refractivity contribution in [3.63, 3.8) is 0 Å². The van der Waals surface area contributed by atoms with Crippen molar-refractivity contribution in [3.8, 4) is 0 Å². The molecule has 1 aliphatic heterocycles. The molecule has 1 saturated heterocycles. The quantitative estimate of drug-likeness (QED) is 0.833. The van der Waals surface area contributed by atoms with Crippen LogP contribution in [0.2, 0.25) is 5.02 Å². The Morgan fingerprint density at radius 1 is 1.53 bits per heavy atom. The van der Waals surface area contributed by atoms with Crippen LogP contribution in [0.3, 0.4) is 0 Å². The first kappa shape index (κ1) is 15.0. The van der Waals surface area contributed by atoms with Crippen LogP contribution in [0.25, 0.3) is 0 Å². The summed E-state index contributed by atoms with van der Waals surface area (Å²) in [5, 5.41) is 9.58. The Labute approximate surface area is 126 Å². The number of carbonyl (C=O) groups is 1. The average Bonchev–Trinajstić information content (AvgIpc) is 2.84. The van der Waals surface area contributed by atoms with Gasteiger partial charge in [-0.25, -0.2) is 0 Å². The fourth-order valence-electron chi connectivity index (χ4n) is 2.37. The number of aliphatic hydroxyl groups is 1. The number of benzene rings is 1. The van der Waals surface area contributed by atoms with E-state index in [2.05, 4.69) is 20.8 Å². The van der Waals surface area contributed by atoms with E-state index in [1.165, 1.54) is 0 Å². The van der Waals surface area contributed by atoms with Crippen LogP contribution in [0.15, 0.2) is 22.7 Å². The van der Waals surface area contributed by atoms with Crippen molar-refractivity contribution < 1.29 is 9.90 Å². The molecule has 1 aliphatic rings. The summed E-state index contributed by atoms with van der Waals surface area (Å²) >= 11 is 9.39. The zero-order chi connectivity index (χ0) is 13.8. The standard InChI is InChI=1S/C14H17BrClNO2/c15-11-1-2-12(13(16)7-11)14(19)4-6-17-5-3-10(8-17)9-18/h1-2,7,10,18H,3-6,8-9H2. The second-order valence-electron chi connectivity index (χ2n) is 4.94. The summed E-state index contributed by atoms with van der Waals surface area (Å²) in [6.45, 7) is 2.83. The van der Waals surface area contributed by atoms with Crippen molar-refractivity contribution in [2.45, 2.75) is 12.8 Å². The number of carbonyl (C=O) groups excluding carboxylic acids is 1. The smallest absolute Gasteiger partial charge is 0.165 e. The SMILES string of the molecule is O=C(CCN1CCC(CO)C1)c1ccc(Br)cc1Cl. The van der Waals surface area contributed by atoms with Crippen LogP contribution in [-0.2, 0) is 0 Å². The van der Waals surface area contributed by atoms with E-state index >= 15 is 0 Å². The van der Waals surface area contributed by atoms with E-state index in [0.29, 0.717) is 22.9 Å². The van der Waals surface area contributed by atoms with Gasteiger partial charge in [0.2, 0.25) is 0 Å². The molecule has 1 N–H and O–H groups in total. The van der Waals surface area contributed by atoms with E-state index in [9.17, 15) is 4.79 Å². The molecule has 1 aromatic rings. The van der Waals surface area contributed by atoms with E-state index in [1.807, 2.05) is 6.07 Å². The van der Waals surface area contributed by atoms with Gasteiger partial charge in [-0.2, -0.15) is 0 Å². The number of likely N-dealkylation sites (tertiary alicyclic amines) is 1. The Morgan fingerprint density at radius 2 is 2.32 bits per heavy atom. The van der Waals surface area contributed by atoms with E-state index in [1.54, 1.807) is 12.1 Å². The van der Waals surface area contributed by atoms with Gasteiger partial charge in [0.25, 0.3) is 0 Å². The summed E-state index contributed by atoms with van der Waals surface area (Å²) in [5.74, 6) is 0.441. The van der Waals surface area contributed by atoms with E-state index < -0.39 is 0 Å². The Bertz CT molecular complexity index is 467. The van der Waals surface area contributed by atoms with Crippen LogP contribution in [0.1, 0.15) is 23.2 Å². The van der Waals surface area contributed by atoms with Gasteiger partial charge in [-0.3, -0.25) is 4.79 Å². The highest BCUT2D eigenvalue weighted by molar-refractivity contribution is 9.10. The molecule has 19 heavy (non-hydrogen) atoms. The molecular formula is C14H17BrClNO2. The van der Waals surface area contributed by atoms with Gasteiger partial charge < -0.3 is 10.0 Å². The monoisotopic (exact) mass is 345 g/mol. The molecule has 5 heteroatoms. The van der Waals surface area contributed by atoms with Gasteiger partial charge in [0.15, 0.2) is 5.78 Å². The number of Topliss-reactive ketones (excluding diaryl/α,β-unsaturated/α-hetero) is 1. The molecule has 0 spiro atoms. The second kappa shape index (κ2) is 6.84. The molecule has 1 unspecified atom stereocenters. The number of aliphatic hydroxyl groups excluding tert-OH is 1. The molecule has 2 rings (SSSR count). The van der Waals surface area contributed by atoms with Gasteiger partial charge in [0.1, 0.15) is 0 Å². The molecular weight excluding hydrogens is 330 g/mol. The number of ketones is 1.